The highest BCUT2D eigenvalue weighted by atomic mass is 16.5. The number of ether oxygens (including phenoxy) is 2. The van der Waals surface area contributed by atoms with Crippen LogP contribution in [0.2, 0.25) is 0 Å². The van der Waals surface area contributed by atoms with Crippen molar-refractivity contribution in [3.05, 3.63) is 63.6 Å². The van der Waals surface area contributed by atoms with Gasteiger partial charge in [0.15, 0.2) is 6.29 Å². The fourth-order valence-corrected chi connectivity index (χ4v) is 4.16. The van der Waals surface area contributed by atoms with Crippen LogP contribution < -0.4 is 10.3 Å². The molecule has 2 atom stereocenters. The zero-order valence-corrected chi connectivity index (χ0v) is 19.5. The minimum atomic E-state index is -0.145. The van der Waals surface area contributed by atoms with E-state index in [0.717, 1.165) is 36.0 Å². The van der Waals surface area contributed by atoms with Crippen LogP contribution in [-0.4, -0.2) is 54.7 Å². The first-order chi connectivity index (χ1) is 16.0. The molecule has 4 aliphatic rings. The maximum atomic E-state index is 12.3. The van der Waals surface area contributed by atoms with Crippen molar-refractivity contribution < 1.29 is 14.3 Å². The summed E-state index contributed by atoms with van der Waals surface area (Å²) in [6, 6.07) is 11.9. The second-order valence-corrected chi connectivity index (χ2v) is 9.10. The first kappa shape index (κ1) is 23.3. The third-order valence-electron chi connectivity index (χ3n) is 6.38. The lowest BCUT2D eigenvalue weighted by atomic mass is 9.98. The number of piperidine rings is 1. The van der Waals surface area contributed by atoms with E-state index in [-0.39, 0.29) is 12.2 Å². The standard InChI is InChI=1S/C20H19NO3.C7H13NO/c1-15-12-19(24-11-10-22)13-20(23)21(15)14-18-8-6-17(7-9-18)5-4-16-2-3-16;1-8-4-7-3-2-6(8)5-9-7/h6-10,12-13,16H,2-3,11,14H2,1H3;6-7H,2-5H2,1H3. The number of nitrogens with zero attached hydrogens (tertiary/aromatic N) is 2. The van der Waals surface area contributed by atoms with Crippen molar-refractivity contribution >= 4 is 6.29 Å². The Bertz CT molecular complexity index is 1070. The summed E-state index contributed by atoms with van der Waals surface area (Å²) < 4.78 is 12.4. The van der Waals surface area contributed by atoms with Gasteiger partial charge in [-0.2, -0.15) is 0 Å². The molecule has 6 heteroatoms. The van der Waals surface area contributed by atoms with Crippen molar-refractivity contribution in [1.29, 1.82) is 0 Å². The number of carbonyl (C=O) groups is 1. The summed E-state index contributed by atoms with van der Waals surface area (Å²) in [6.07, 6.45) is 6.30. The summed E-state index contributed by atoms with van der Waals surface area (Å²) >= 11 is 0. The number of fused-ring (bicyclic) bond motifs is 3. The van der Waals surface area contributed by atoms with E-state index in [1.165, 1.54) is 31.7 Å². The molecule has 1 aromatic carbocycles. The number of benzene rings is 1. The van der Waals surface area contributed by atoms with Gasteiger partial charge in [0, 0.05) is 35.8 Å². The quantitative estimate of drug-likeness (QED) is 0.520. The molecule has 2 aromatic rings. The molecule has 0 amide bonds. The minimum absolute atomic E-state index is 0.0494. The average Bonchev–Trinajstić information content (AvgIpc) is 3.65. The summed E-state index contributed by atoms with van der Waals surface area (Å²) in [6.45, 7) is 4.43. The maximum Gasteiger partial charge on any atom is 0.254 e. The molecule has 2 bridgehead atoms. The first-order valence-corrected chi connectivity index (χ1v) is 11.7. The normalized spacial score (nSPS) is 21.4. The molecule has 0 spiro atoms. The summed E-state index contributed by atoms with van der Waals surface area (Å²) in [5, 5.41) is 0. The van der Waals surface area contributed by atoms with Crippen molar-refractivity contribution in [3.63, 3.8) is 0 Å². The largest absolute Gasteiger partial charge is 0.486 e. The Morgan fingerprint density at radius 1 is 1.15 bits per heavy atom. The van der Waals surface area contributed by atoms with Gasteiger partial charge in [-0.1, -0.05) is 24.0 Å². The third-order valence-corrected chi connectivity index (χ3v) is 6.38. The smallest absolute Gasteiger partial charge is 0.254 e. The summed E-state index contributed by atoms with van der Waals surface area (Å²) in [7, 11) is 2.19. The van der Waals surface area contributed by atoms with Crippen molar-refractivity contribution in [3.8, 4) is 17.6 Å². The Hall–Kier alpha value is -2.88. The number of likely N-dealkylation sites (N-methyl/N-ethyl adjacent to an activating group) is 1. The third kappa shape index (κ3) is 6.56. The molecule has 6 nitrogen and oxygen atoms in total. The zero-order valence-electron chi connectivity index (χ0n) is 19.5. The highest BCUT2D eigenvalue weighted by Crippen LogP contribution is 2.27. The summed E-state index contributed by atoms with van der Waals surface area (Å²) in [4.78, 5) is 25.0. The summed E-state index contributed by atoms with van der Waals surface area (Å²) in [5.74, 6) is 7.43. The van der Waals surface area contributed by atoms with E-state index in [9.17, 15) is 9.59 Å². The highest BCUT2D eigenvalue weighted by Gasteiger charge is 2.31. The molecule has 1 aliphatic carbocycles. The van der Waals surface area contributed by atoms with E-state index in [2.05, 4.69) is 23.8 Å². The molecule has 4 heterocycles. The number of aryl methyl sites for hydroxylation is 1. The predicted octanol–water partition coefficient (Wildman–Crippen LogP) is 3.02. The van der Waals surface area contributed by atoms with E-state index < -0.39 is 0 Å². The lowest BCUT2D eigenvalue weighted by molar-refractivity contribution is -0.109. The molecule has 0 N–H and O–H groups in total. The van der Waals surface area contributed by atoms with Gasteiger partial charge in [0.25, 0.3) is 5.56 Å². The predicted molar refractivity (Wildman–Crippen MR) is 128 cm³/mol. The Balaban J connectivity index is 0.000000238. The van der Waals surface area contributed by atoms with Crippen molar-refractivity contribution in [2.24, 2.45) is 5.92 Å². The van der Waals surface area contributed by atoms with Crippen LogP contribution in [0.1, 0.15) is 42.5 Å². The number of hydrogen-bond acceptors (Lipinski definition) is 5. The molecule has 1 aromatic heterocycles. The molecule has 2 unspecified atom stereocenters. The average molecular weight is 449 g/mol. The van der Waals surface area contributed by atoms with Gasteiger partial charge in [0.05, 0.1) is 19.3 Å². The second-order valence-electron chi connectivity index (χ2n) is 9.10. The van der Waals surface area contributed by atoms with E-state index in [0.29, 0.717) is 30.6 Å². The van der Waals surface area contributed by atoms with Crippen LogP contribution in [0.3, 0.4) is 0 Å². The molecule has 1 saturated carbocycles. The fourth-order valence-electron chi connectivity index (χ4n) is 4.16. The molecule has 4 fully saturated rings. The lowest BCUT2D eigenvalue weighted by Gasteiger charge is -2.43. The molecule has 3 aliphatic heterocycles. The number of hydrogen-bond donors (Lipinski definition) is 0. The number of aromatic nitrogens is 1. The van der Waals surface area contributed by atoms with Gasteiger partial charge in [-0.15, -0.1) is 0 Å². The Morgan fingerprint density at radius 2 is 1.94 bits per heavy atom. The Morgan fingerprint density at radius 3 is 2.45 bits per heavy atom. The number of carbonyl (C=O) groups excluding carboxylic acids is 1. The highest BCUT2D eigenvalue weighted by molar-refractivity contribution is 5.51. The van der Waals surface area contributed by atoms with Gasteiger partial charge in [-0.05, 0) is 63.4 Å². The minimum Gasteiger partial charge on any atom is -0.486 e. The number of morpholine rings is 1. The maximum absolute atomic E-state index is 12.3. The van der Waals surface area contributed by atoms with Crippen molar-refractivity contribution in [2.75, 3.05) is 26.8 Å². The SMILES string of the molecule is CN1CC2CCC1CO2.Cc1cc(OCC=O)cc(=O)n1Cc1ccc(C#CC2CC2)cc1. The fraction of sp³-hybridized carbons (Fsp3) is 0.481. The van der Waals surface area contributed by atoms with Crippen molar-refractivity contribution in [1.82, 2.24) is 9.47 Å². The van der Waals surface area contributed by atoms with Crippen LogP contribution in [0, 0.1) is 24.7 Å². The molecule has 0 radical (unpaired) electrons. The van der Waals surface area contributed by atoms with Gasteiger partial charge < -0.3 is 14.0 Å². The van der Waals surface area contributed by atoms with E-state index in [1.54, 1.807) is 10.6 Å². The first-order valence-electron chi connectivity index (χ1n) is 11.7. The molecular weight excluding hydrogens is 416 g/mol. The van der Waals surface area contributed by atoms with Gasteiger partial charge >= 0.3 is 0 Å². The summed E-state index contributed by atoms with van der Waals surface area (Å²) in [5.41, 5.74) is 2.69. The van der Waals surface area contributed by atoms with Gasteiger partial charge in [-0.25, -0.2) is 0 Å². The van der Waals surface area contributed by atoms with Crippen molar-refractivity contribution in [2.45, 2.75) is 51.3 Å². The second kappa shape index (κ2) is 10.8. The van der Waals surface area contributed by atoms with Crippen LogP contribution in [-0.2, 0) is 16.1 Å². The molecule has 6 rings (SSSR count). The molecule has 174 valence electrons. The lowest BCUT2D eigenvalue weighted by Crippen LogP contribution is -2.52. The Labute approximate surface area is 195 Å². The zero-order chi connectivity index (χ0) is 23.2. The van der Waals surface area contributed by atoms with Crippen LogP contribution >= 0.6 is 0 Å². The van der Waals surface area contributed by atoms with Crippen LogP contribution in [0.15, 0.2) is 41.2 Å². The van der Waals surface area contributed by atoms with E-state index in [4.69, 9.17) is 9.47 Å². The molecule has 33 heavy (non-hydrogen) atoms. The van der Waals surface area contributed by atoms with Gasteiger partial charge in [0.2, 0.25) is 0 Å². The van der Waals surface area contributed by atoms with Gasteiger partial charge in [0.1, 0.15) is 12.4 Å². The van der Waals surface area contributed by atoms with E-state index >= 15 is 0 Å². The van der Waals surface area contributed by atoms with E-state index in [1.807, 2.05) is 31.2 Å². The van der Waals surface area contributed by atoms with Crippen LogP contribution in [0.4, 0.5) is 0 Å². The monoisotopic (exact) mass is 448 g/mol. The van der Waals surface area contributed by atoms with Gasteiger partial charge in [-0.3, -0.25) is 14.5 Å². The topological polar surface area (TPSA) is 60.8 Å². The Kier molecular flexibility index (Phi) is 7.64. The molecular formula is C27H32N2O4. The van der Waals surface area contributed by atoms with Crippen LogP contribution in [0.5, 0.6) is 5.75 Å². The number of rotatable bonds is 5. The van der Waals surface area contributed by atoms with Crippen LogP contribution in [0.25, 0.3) is 0 Å². The number of pyridine rings is 1. The number of aldehydes is 1. The molecule has 3 saturated heterocycles.